The second kappa shape index (κ2) is 10.8. The molecule has 1 N–H and O–H groups in total. The Morgan fingerprint density at radius 1 is 1.12 bits per heavy atom. The van der Waals surface area contributed by atoms with Gasteiger partial charge in [0.1, 0.15) is 17.1 Å². The van der Waals surface area contributed by atoms with E-state index in [1.807, 2.05) is 30.1 Å². The molecule has 2 aliphatic rings. The zero-order valence-corrected chi connectivity index (χ0v) is 21.9. The molecule has 0 spiro atoms. The van der Waals surface area contributed by atoms with Gasteiger partial charge in [0.15, 0.2) is 11.6 Å². The number of alkyl halides is 2. The molecule has 13 heteroatoms. The van der Waals surface area contributed by atoms with Crippen molar-refractivity contribution >= 4 is 17.2 Å². The number of nitrogens with zero attached hydrogens (tertiary/aromatic N) is 7. The number of hydrogen-bond acceptors (Lipinski definition) is 7. The lowest BCUT2D eigenvalue weighted by Gasteiger charge is -2.29. The molecule has 210 valence electrons. The molecule has 1 saturated carbocycles. The van der Waals surface area contributed by atoms with Crippen molar-refractivity contribution in [3.63, 3.8) is 0 Å². The Kier molecular flexibility index (Phi) is 7.03. The van der Waals surface area contributed by atoms with Crippen molar-refractivity contribution in [2.24, 2.45) is 7.05 Å². The van der Waals surface area contributed by atoms with E-state index in [0.717, 1.165) is 44.0 Å². The number of benzene rings is 1. The smallest absolute Gasteiger partial charge is 0.387 e. The van der Waals surface area contributed by atoms with Gasteiger partial charge >= 0.3 is 6.61 Å². The molecule has 0 bridgehead atoms. The maximum absolute atomic E-state index is 14.4. The quantitative estimate of drug-likeness (QED) is 0.361. The van der Waals surface area contributed by atoms with Gasteiger partial charge in [0, 0.05) is 37.8 Å². The van der Waals surface area contributed by atoms with Crippen molar-refractivity contribution in [3.05, 3.63) is 65.4 Å². The van der Waals surface area contributed by atoms with Crippen molar-refractivity contribution in [1.29, 1.82) is 0 Å². The van der Waals surface area contributed by atoms with Crippen LogP contribution in [0.2, 0.25) is 0 Å². The molecule has 1 saturated heterocycles. The van der Waals surface area contributed by atoms with Gasteiger partial charge in [-0.2, -0.15) is 8.78 Å². The molecule has 1 atom stereocenters. The predicted molar refractivity (Wildman–Crippen MR) is 139 cm³/mol. The largest absolute Gasteiger partial charge is 0.435 e. The summed E-state index contributed by atoms with van der Waals surface area (Å²) in [4.78, 5) is 15.8. The van der Waals surface area contributed by atoms with Crippen LogP contribution in [0.5, 0.6) is 5.75 Å². The first-order chi connectivity index (χ1) is 19.4. The first kappa shape index (κ1) is 26.1. The number of halogens is 3. The third-order valence-corrected chi connectivity index (χ3v) is 7.86. The van der Waals surface area contributed by atoms with E-state index in [9.17, 15) is 18.0 Å². The summed E-state index contributed by atoms with van der Waals surface area (Å²) in [5.41, 5.74) is 1.58. The minimum absolute atomic E-state index is 0.0110. The second-order valence-corrected chi connectivity index (χ2v) is 10.4. The van der Waals surface area contributed by atoms with Crippen LogP contribution in [0.4, 0.5) is 19.0 Å². The number of amides is 1. The molecule has 40 heavy (non-hydrogen) atoms. The first-order valence-corrected chi connectivity index (χ1v) is 13.4. The van der Waals surface area contributed by atoms with Gasteiger partial charge < -0.3 is 15.0 Å². The number of aryl methyl sites for hydroxylation is 1. The Bertz CT molecular complexity index is 1510. The van der Waals surface area contributed by atoms with Crippen molar-refractivity contribution in [3.8, 4) is 5.75 Å². The van der Waals surface area contributed by atoms with Crippen molar-refractivity contribution in [2.45, 2.75) is 63.1 Å². The Balaban J connectivity index is 1.26. The number of hydrogen-bond donors (Lipinski definition) is 1. The first-order valence-electron chi connectivity index (χ1n) is 13.4. The monoisotopic (exact) mass is 554 g/mol. The van der Waals surface area contributed by atoms with E-state index in [1.54, 1.807) is 15.4 Å². The van der Waals surface area contributed by atoms with Crippen LogP contribution in [0.25, 0.3) is 5.52 Å². The fourth-order valence-corrected chi connectivity index (χ4v) is 6.06. The summed E-state index contributed by atoms with van der Waals surface area (Å²) in [6, 6.07) is 8.83. The normalized spacial score (nSPS) is 21.3. The molecule has 0 unspecified atom stereocenters. The minimum atomic E-state index is -3.06. The van der Waals surface area contributed by atoms with Gasteiger partial charge in [-0.25, -0.2) is 13.6 Å². The molecule has 1 amide bonds. The Hall–Kier alpha value is -4.16. The summed E-state index contributed by atoms with van der Waals surface area (Å²) in [6.07, 6.45) is 6.49. The summed E-state index contributed by atoms with van der Waals surface area (Å²) < 4.78 is 47.9. The zero-order chi connectivity index (χ0) is 27.8. The molecule has 1 aromatic carbocycles. The Morgan fingerprint density at radius 2 is 1.95 bits per heavy atom. The average molecular weight is 555 g/mol. The van der Waals surface area contributed by atoms with Gasteiger partial charge in [0.05, 0.1) is 11.6 Å². The number of carbonyl (C=O) groups excluding carboxylic acids is 1. The van der Waals surface area contributed by atoms with E-state index >= 15 is 0 Å². The highest BCUT2D eigenvalue weighted by Crippen LogP contribution is 2.40. The third-order valence-electron chi connectivity index (χ3n) is 7.86. The number of pyridine rings is 1. The Morgan fingerprint density at radius 3 is 2.70 bits per heavy atom. The molecule has 1 aliphatic heterocycles. The van der Waals surface area contributed by atoms with E-state index in [2.05, 4.69) is 25.6 Å². The van der Waals surface area contributed by atoms with E-state index in [1.165, 1.54) is 12.1 Å². The lowest BCUT2D eigenvalue weighted by molar-refractivity contribution is -0.0500. The summed E-state index contributed by atoms with van der Waals surface area (Å²) in [6.45, 7) is -2.48. The van der Waals surface area contributed by atoms with Gasteiger partial charge in [-0.15, -0.1) is 10.2 Å². The second-order valence-electron chi connectivity index (χ2n) is 10.4. The summed E-state index contributed by atoms with van der Waals surface area (Å²) in [5.74, 6) is 0.445. The number of rotatable bonds is 7. The van der Waals surface area contributed by atoms with Crippen LogP contribution in [-0.2, 0) is 7.05 Å². The van der Waals surface area contributed by atoms with Crippen LogP contribution < -0.4 is 15.0 Å². The number of ether oxygens (including phenoxy) is 1. The van der Waals surface area contributed by atoms with Crippen molar-refractivity contribution < 1.29 is 22.7 Å². The molecule has 3 aromatic heterocycles. The average Bonchev–Trinajstić information content (AvgIpc) is 3.66. The molecule has 0 radical (unpaired) electrons. The molecule has 1 aliphatic carbocycles. The van der Waals surface area contributed by atoms with Gasteiger partial charge in [-0.1, -0.05) is 6.07 Å². The lowest BCUT2D eigenvalue weighted by Crippen LogP contribution is -2.38. The number of fused-ring (bicyclic) bond motifs is 1. The highest BCUT2D eigenvalue weighted by Gasteiger charge is 2.34. The van der Waals surface area contributed by atoms with Crippen LogP contribution in [0.3, 0.4) is 0 Å². The molecule has 6 rings (SSSR count). The molecule has 10 nitrogen and oxygen atoms in total. The summed E-state index contributed by atoms with van der Waals surface area (Å²) in [5, 5.41) is 19.8. The topological polar surface area (TPSA) is 102 Å². The minimum Gasteiger partial charge on any atom is -0.435 e. The molecule has 4 heterocycles. The van der Waals surface area contributed by atoms with Gasteiger partial charge in [0.2, 0.25) is 0 Å². The fourth-order valence-electron chi connectivity index (χ4n) is 6.06. The summed E-state index contributed by atoms with van der Waals surface area (Å²) >= 11 is 0. The number of anilines is 1. The van der Waals surface area contributed by atoms with Crippen LogP contribution in [-0.4, -0.2) is 54.9 Å². The maximum Gasteiger partial charge on any atom is 0.387 e. The van der Waals surface area contributed by atoms with Crippen LogP contribution in [0.1, 0.15) is 72.2 Å². The number of tetrazole rings is 1. The van der Waals surface area contributed by atoms with E-state index in [0.29, 0.717) is 35.4 Å². The number of aromatic nitrogens is 6. The SMILES string of the molecule is Cn1nnnc1C1CCC(NC(=O)c2c(N3CCC[C@@H]3c3cc(F)cc(OC(F)F)c3)nn3ccccc23)CC1. The van der Waals surface area contributed by atoms with Gasteiger partial charge in [-0.3, -0.25) is 4.79 Å². The number of nitrogens with one attached hydrogen (secondary N) is 1. The predicted octanol–water partition coefficient (Wildman–Crippen LogP) is 4.40. The number of carbonyl (C=O) groups is 1. The van der Waals surface area contributed by atoms with Gasteiger partial charge in [-0.05, 0) is 78.8 Å². The molecule has 2 fully saturated rings. The van der Waals surface area contributed by atoms with E-state index in [-0.39, 0.29) is 29.7 Å². The standard InChI is InChI=1S/C27H29F3N8O2/c1-36-24(32-34-35-36)16-7-9-19(10-8-16)31-26(39)23-22-5-2-3-12-38(22)33-25(23)37-11-4-6-21(37)17-13-18(28)15-20(14-17)40-27(29)30/h2-3,5,12-16,19,21,27H,4,6-11H2,1H3,(H,31,39)/t16?,19?,21-/m1/s1. The van der Waals surface area contributed by atoms with Crippen LogP contribution in [0, 0.1) is 5.82 Å². The maximum atomic E-state index is 14.4. The molecular formula is C27H29F3N8O2. The molecular weight excluding hydrogens is 525 g/mol. The highest BCUT2D eigenvalue weighted by atomic mass is 19.3. The van der Waals surface area contributed by atoms with Crippen LogP contribution >= 0.6 is 0 Å². The van der Waals surface area contributed by atoms with Crippen molar-refractivity contribution in [1.82, 2.24) is 35.1 Å². The zero-order valence-electron chi connectivity index (χ0n) is 21.9. The van der Waals surface area contributed by atoms with E-state index < -0.39 is 12.4 Å². The van der Waals surface area contributed by atoms with Crippen LogP contribution in [0.15, 0.2) is 42.6 Å². The van der Waals surface area contributed by atoms with Crippen molar-refractivity contribution in [2.75, 3.05) is 11.4 Å². The molecule has 4 aromatic rings. The van der Waals surface area contributed by atoms with E-state index in [4.69, 9.17) is 5.10 Å². The highest BCUT2D eigenvalue weighted by molar-refractivity contribution is 6.06. The fraction of sp³-hybridized carbons (Fsp3) is 0.444. The Labute approximate surface area is 228 Å². The van der Waals surface area contributed by atoms with Gasteiger partial charge in [0.25, 0.3) is 5.91 Å². The lowest BCUT2D eigenvalue weighted by atomic mass is 9.85. The third kappa shape index (κ3) is 5.07. The summed E-state index contributed by atoms with van der Waals surface area (Å²) in [7, 11) is 1.83.